The average molecular weight is 324 g/mol. The van der Waals surface area contributed by atoms with Gasteiger partial charge in [-0.2, -0.15) is 5.10 Å². The van der Waals surface area contributed by atoms with Crippen LogP contribution >= 0.6 is 0 Å². The molecule has 0 radical (unpaired) electrons. The van der Waals surface area contributed by atoms with Crippen LogP contribution in [-0.2, 0) is 17.1 Å². The minimum Gasteiger partial charge on any atom is -0.274 e. The van der Waals surface area contributed by atoms with E-state index in [1.54, 1.807) is 7.05 Å². The number of halogens is 1. The van der Waals surface area contributed by atoms with Crippen LogP contribution in [0.15, 0.2) is 29.4 Å². The van der Waals surface area contributed by atoms with Crippen LogP contribution in [0.1, 0.15) is 37.3 Å². The third-order valence-electron chi connectivity index (χ3n) is 3.84. The Morgan fingerprint density at radius 3 is 2.77 bits per heavy atom. The van der Waals surface area contributed by atoms with E-state index in [0.29, 0.717) is 5.69 Å². The molecule has 8 heteroatoms. The molecule has 118 valence electrons. The standard InChI is InChI=1S/C14H17FN4O2S/c1-19-9-12(13(17-19)10-5-2-3-6-10)22(20,21)18-14-11(15)7-4-8-16-14/h4,7-10H,2-3,5-6H2,1H3,(H,16,18). The molecule has 1 aliphatic carbocycles. The number of anilines is 1. The van der Waals surface area contributed by atoms with Crippen molar-refractivity contribution in [3.05, 3.63) is 36.0 Å². The third-order valence-corrected chi connectivity index (χ3v) is 5.20. The SMILES string of the molecule is Cn1cc(S(=O)(=O)Nc2ncccc2F)c(C2CCCC2)n1. The van der Waals surface area contributed by atoms with Gasteiger partial charge in [-0.05, 0) is 25.0 Å². The Balaban J connectivity index is 1.97. The molecule has 1 N–H and O–H groups in total. The predicted molar refractivity (Wildman–Crippen MR) is 79.4 cm³/mol. The van der Waals surface area contributed by atoms with E-state index in [4.69, 9.17) is 0 Å². The number of rotatable bonds is 4. The van der Waals surface area contributed by atoms with Crippen LogP contribution in [0, 0.1) is 5.82 Å². The highest BCUT2D eigenvalue weighted by atomic mass is 32.2. The molecule has 1 aliphatic rings. The van der Waals surface area contributed by atoms with E-state index in [-0.39, 0.29) is 16.6 Å². The van der Waals surface area contributed by atoms with Crippen LogP contribution in [0.2, 0.25) is 0 Å². The summed E-state index contributed by atoms with van der Waals surface area (Å²) < 4.78 is 42.5. The Bertz CT molecular complexity index is 782. The van der Waals surface area contributed by atoms with Crippen molar-refractivity contribution in [3.8, 4) is 0 Å². The highest BCUT2D eigenvalue weighted by Crippen LogP contribution is 2.36. The van der Waals surface area contributed by atoms with Crippen molar-refractivity contribution in [3.63, 3.8) is 0 Å². The number of pyridine rings is 1. The second-order valence-corrected chi connectivity index (χ2v) is 7.12. The van der Waals surface area contributed by atoms with E-state index in [1.807, 2.05) is 0 Å². The zero-order valence-corrected chi connectivity index (χ0v) is 13.0. The van der Waals surface area contributed by atoms with Gasteiger partial charge in [-0.15, -0.1) is 0 Å². The molecular formula is C14H17FN4O2S. The minimum atomic E-state index is -3.92. The molecule has 1 fully saturated rings. The molecule has 0 aliphatic heterocycles. The fourth-order valence-corrected chi connectivity index (χ4v) is 4.10. The van der Waals surface area contributed by atoms with Gasteiger partial charge >= 0.3 is 0 Å². The van der Waals surface area contributed by atoms with Crippen molar-refractivity contribution >= 4 is 15.8 Å². The van der Waals surface area contributed by atoms with E-state index in [9.17, 15) is 12.8 Å². The third kappa shape index (κ3) is 2.83. The zero-order valence-electron chi connectivity index (χ0n) is 12.2. The first-order valence-electron chi connectivity index (χ1n) is 7.14. The van der Waals surface area contributed by atoms with Crippen molar-refractivity contribution in [2.24, 2.45) is 7.05 Å². The summed E-state index contributed by atoms with van der Waals surface area (Å²) in [6.07, 6.45) is 6.79. The van der Waals surface area contributed by atoms with Crippen molar-refractivity contribution in [1.29, 1.82) is 0 Å². The lowest BCUT2D eigenvalue weighted by Gasteiger charge is -2.11. The summed E-state index contributed by atoms with van der Waals surface area (Å²) in [7, 11) is -2.24. The number of hydrogen-bond acceptors (Lipinski definition) is 4. The second-order valence-electron chi connectivity index (χ2n) is 5.47. The first-order valence-corrected chi connectivity index (χ1v) is 8.62. The van der Waals surface area contributed by atoms with E-state index >= 15 is 0 Å². The summed E-state index contributed by atoms with van der Waals surface area (Å²) in [6, 6.07) is 2.56. The van der Waals surface area contributed by atoms with Crippen LogP contribution in [-0.4, -0.2) is 23.2 Å². The molecule has 0 saturated heterocycles. The molecule has 6 nitrogen and oxygen atoms in total. The van der Waals surface area contributed by atoms with E-state index in [2.05, 4.69) is 14.8 Å². The van der Waals surface area contributed by atoms with Crippen LogP contribution < -0.4 is 4.72 Å². The Morgan fingerprint density at radius 1 is 1.36 bits per heavy atom. The molecule has 3 rings (SSSR count). The highest BCUT2D eigenvalue weighted by molar-refractivity contribution is 7.92. The summed E-state index contributed by atoms with van der Waals surface area (Å²) in [5, 5.41) is 4.31. The van der Waals surface area contributed by atoms with E-state index in [1.165, 1.54) is 23.1 Å². The Kier molecular flexibility index (Phi) is 3.86. The Labute approximate surface area is 128 Å². The smallest absolute Gasteiger partial charge is 0.266 e. The molecule has 0 unspecified atom stereocenters. The van der Waals surface area contributed by atoms with Gasteiger partial charge in [-0.25, -0.2) is 17.8 Å². The van der Waals surface area contributed by atoms with E-state index < -0.39 is 15.8 Å². The van der Waals surface area contributed by atoms with Crippen LogP contribution in [0.25, 0.3) is 0 Å². The van der Waals surface area contributed by atoms with Gasteiger partial charge in [0.25, 0.3) is 10.0 Å². The summed E-state index contributed by atoms with van der Waals surface area (Å²) in [6.45, 7) is 0. The van der Waals surface area contributed by atoms with E-state index in [0.717, 1.165) is 31.7 Å². The van der Waals surface area contributed by atoms with Gasteiger partial charge in [0.05, 0.1) is 5.69 Å². The fraction of sp³-hybridized carbons (Fsp3) is 0.429. The van der Waals surface area contributed by atoms with Crippen molar-refractivity contribution < 1.29 is 12.8 Å². The Morgan fingerprint density at radius 2 is 2.09 bits per heavy atom. The molecule has 1 saturated carbocycles. The maximum atomic E-state index is 13.6. The lowest BCUT2D eigenvalue weighted by molar-refractivity contribution is 0.592. The number of aryl methyl sites for hydroxylation is 1. The topological polar surface area (TPSA) is 76.9 Å². The fourth-order valence-electron chi connectivity index (χ4n) is 2.82. The minimum absolute atomic E-state index is 0.104. The molecule has 2 heterocycles. The highest BCUT2D eigenvalue weighted by Gasteiger charge is 2.30. The summed E-state index contributed by atoms with van der Waals surface area (Å²) in [5.41, 5.74) is 0.559. The normalized spacial score (nSPS) is 16.1. The molecule has 0 aromatic carbocycles. The molecule has 22 heavy (non-hydrogen) atoms. The van der Waals surface area contributed by atoms with Gasteiger partial charge < -0.3 is 0 Å². The first kappa shape index (κ1) is 15.0. The molecule has 2 aromatic rings. The first-order chi connectivity index (χ1) is 10.5. The maximum absolute atomic E-state index is 13.6. The number of nitrogens with one attached hydrogen (secondary N) is 1. The number of hydrogen-bond donors (Lipinski definition) is 1. The van der Waals surface area contributed by atoms with Crippen LogP contribution in [0.4, 0.5) is 10.2 Å². The number of nitrogens with zero attached hydrogens (tertiary/aromatic N) is 3. The predicted octanol–water partition coefficient (Wildman–Crippen LogP) is 2.41. The van der Waals surface area contributed by atoms with Gasteiger partial charge in [-0.3, -0.25) is 9.40 Å². The number of sulfonamides is 1. The molecule has 0 bridgehead atoms. The largest absolute Gasteiger partial charge is 0.274 e. The van der Waals surface area contributed by atoms with Crippen LogP contribution in [0.5, 0.6) is 0 Å². The lowest BCUT2D eigenvalue weighted by Crippen LogP contribution is -2.16. The van der Waals surface area contributed by atoms with Gasteiger partial charge in [0, 0.05) is 25.4 Å². The zero-order chi connectivity index (χ0) is 15.7. The number of aromatic nitrogens is 3. The van der Waals surface area contributed by atoms with Gasteiger partial charge in [0.15, 0.2) is 11.6 Å². The molecule has 2 aromatic heterocycles. The molecule has 0 amide bonds. The molecule has 0 spiro atoms. The second kappa shape index (κ2) is 5.68. The monoisotopic (exact) mass is 324 g/mol. The van der Waals surface area contributed by atoms with Crippen molar-refractivity contribution in [1.82, 2.24) is 14.8 Å². The van der Waals surface area contributed by atoms with Gasteiger partial charge in [-0.1, -0.05) is 12.8 Å². The quantitative estimate of drug-likeness (QED) is 0.937. The summed E-state index contributed by atoms with van der Waals surface area (Å²) in [4.78, 5) is 3.83. The molecular weight excluding hydrogens is 307 g/mol. The molecule has 0 atom stereocenters. The summed E-state index contributed by atoms with van der Waals surface area (Å²) >= 11 is 0. The maximum Gasteiger partial charge on any atom is 0.266 e. The van der Waals surface area contributed by atoms with Crippen molar-refractivity contribution in [2.45, 2.75) is 36.5 Å². The van der Waals surface area contributed by atoms with Crippen molar-refractivity contribution in [2.75, 3.05) is 4.72 Å². The Hall–Kier alpha value is -1.96. The average Bonchev–Trinajstić information content (AvgIpc) is 3.10. The van der Waals surface area contributed by atoms with Gasteiger partial charge in [0.2, 0.25) is 0 Å². The van der Waals surface area contributed by atoms with Crippen LogP contribution in [0.3, 0.4) is 0 Å². The van der Waals surface area contributed by atoms with Gasteiger partial charge in [0.1, 0.15) is 4.90 Å². The lowest BCUT2D eigenvalue weighted by atomic mass is 10.1. The summed E-state index contributed by atoms with van der Waals surface area (Å²) in [5.74, 6) is -0.873.